The molecule has 0 amide bonds. The Kier molecular flexibility index (Phi) is 10.3. The van der Waals surface area contributed by atoms with Crippen LogP contribution in [-0.2, 0) is 50.1 Å². The highest BCUT2D eigenvalue weighted by atomic mass is 16.6. The third-order valence-corrected chi connectivity index (χ3v) is 6.80. The number of benzene rings is 4. The summed E-state index contributed by atoms with van der Waals surface area (Å²) < 4.78 is 32.0. The number of rotatable bonds is 13. The smallest absolute Gasteiger partial charge is 0.115 e. The lowest BCUT2D eigenvalue weighted by atomic mass is 9.99. The fraction of sp³-hybridized carbons (Fsp3) is 0.294. The Bertz CT molecular complexity index is 1200. The molecule has 1 aliphatic heterocycles. The van der Waals surface area contributed by atoms with Crippen LogP contribution in [-0.4, -0.2) is 37.6 Å². The summed E-state index contributed by atoms with van der Waals surface area (Å²) in [7, 11) is 0. The lowest BCUT2D eigenvalue weighted by Crippen LogP contribution is -2.57. The molecule has 0 radical (unpaired) electrons. The van der Waals surface area contributed by atoms with Gasteiger partial charge in [-0.3, -0.25) is 0 Å². The van der Waals surface area contributed by atoms with E-state index in [1.807, 2.05) is 72.8 Å². The molecule has 1 heterocycles. The van der Waals surface area contributed by atoms with Gasteiger partial charge in [-0.1, -0.05) is 121 Å². The van der Waals surface area contributed by atoms with Crippen molar-refractivity contribution in [1.29, 1.82) is 0 Å². The molecule has 2 unspecified atom stereocenters. The van der Waals surface area contributed by atoms with Gasteiger partial charge in [0.05, 0.1) is 39.6 Å². The Balaban J connectivity index is 1.32. The number of hydrogen-bond acceptors (Lipinski definition) is 5. The van der Waals surface area contributed by atoms with Gasteiger partial charge in [0, 0.05) is 0 Å². The lowest BCUT2D eigenvalue weighted by Gasteiger charge is -2.42. The molecule has 0 N–H and O–H groups in total. The van der Waals surface area contributed by atoms with Crippen LogP contribution in [0.3, 0.4) is 0 Å². The Morgan fingerprint density at radius 2 is 0.897 bits per heavy atom. The largest absolute Gasteiger partial charge is 0.374 e. The minimum absolute atomic E-state index is 0.292. The van der Waals surface area contributed by atoms with Gasteiger partial charge in [0.25, 0.3) is 0 Å². The molecule has 0 saturated carbocycles. The van der Waals surface area contributed by atoms with Crippen molar-refractivity contribution in [2.75, 3.05) is 13.2 Å². The van der Waals surface area contributed by atoms with Crippen molar-refractivity contribution in [1.82, 2.24) is 0 Å². The Hall–Kier alpha value is -3.32. The molecule has 4 atom stereocenters. The van der Waals surface area contributed by atoms with Crippen LogP contribution in [0.1, 0.15) is 22.3 Å². The molecule has 1 aliphatic rings. The molecule has 5 nitrogen and oxygen atoms in total. The highest BCUT2D eigenvalue weighted by Gasteiger charge is 2.43. The summed E-state index contributed by atoms with van der Waals surface area (Å²) in [5.41, 5.74) is 4.42. The molecule has 1 fully saturated rings. The minimum Gasteiger partial charge on any atom is -0.374 e. The van der Waals surface area contributed by atoms with Gasteiger partial charge >= 0.3 is 0 Å². The van der Waals surface area contributed by atoms with Gasteiger partial charge in [0.1, 0.15) is 24.4 Å². The van der Waals surface area contributed by atoms with Crippen LogP contribution in [0.25, 0.3) is 0 Å². The van der Waals surface area contributed by atoms with E-state index in [1.54, 1.807) is 0 Å². The molecular weight excluding hydrogens is 488 g/mol. The summed E-state index contributed by atoms with van der Waals surface area (Å²) >= 11 is 0. The second-order valence-electron chi connectivity index (χ2n) is 9.73. The Morgan fingerprint density at radius 1 is 0.487 bits per heavy atom. The molecule has 5 rings (SSSR count). The van der Waals surface area contributed by atoms with Crippen molar-refractivity contribution < 1.29 is 23.7 Å². The van der Waals surface area contributed by atoms with Crippen molar-refractivity contribution in [2.24, 2.45) is 0 Å². The first kappa shape index (κ1) is 27.3. The topological polar surface area (TPSA) is 46.2 Å². The summed E-state index contributed by atoms with van der Waals surface area (Å²) in [5.74, 6) is 0. The van der Waals surface area contributed by atoms with E-state index < -0.39 is 0 Å². The van der Waals surface area contributed by atoms with E-state index in [-0.39, 0.29) is 24.4 Å². The van der Waals surface area contributed by atoms with Crippen molar-refractivity contribution in [3.05, 3.63) is 144 Å². The number of ether oxygens (including phenoxy) is 5. The van der Waals surface area contributed by atoms with Crippen LogP contribution in [0.5, 0.6) is 0 Å². The first-order valence-corrected chi connectivity index (χ1v) is 13.5. The van der Waals surface area contributed by atoms with E-state index in [9.17, 15) is 0 Å². The maximum absolute atomic E-state index is 6.58. The van der Waals surface area contributed by atoms with E-state index in [1.165, 1.54) is 0 Å². The highest BCUT2D eigenvalue weighted by Crippen LogP contribution is 2.27. The van der Waals surface area contributed by atoms with E-state index in [0.29, 0.717) is 39.6 Å². The zero-order valence-electron chi connectivity index (χ0n) is 22.1. The third kappa shape index (κ3) is 8.33. The second-order valence-corrected chi connectivity index (χ2v) is 9.73. The fourth-order valence-electron chi connectivity index (χ4n) is 4.70. The van der Waals surface area contributed by atoms with E-state index in [0.717, 1.165) is 22.3 Å². The minimum atomic E-state index is -0.376. The van der Waals surface area contributed by atoms with Crippen LogP contribution in [0.4, 0.5) is 0 Å². The first-order chi connectivity index (χ1) is 19.3. The molecule has 39 heavy (non-hydrogen) atoms. The van der Waals surface area contributed by atoms with Gasteiger partial charge in [-0.15, -0.1) is 0 Å². The molecule has 0 bridgehead atoms. The quantitative estimate of drug-likeness (QED) is 0.204. The Morgan fingerprint density at radius 3 is 1.38 bits per heavy atom. The van der Waals surface area contributed by atoms with Gasteiger partial charge in [0.2, 0.25) is 0 Å². The maximum atomic E-state index is 6.58. The fourth-order valence-corrected chi connectivity index (χ4v) is 4.70. The normalized spacial score (nSPS) is 21.0. The van der Waals surface area contributed by atoms with Crippen molar-refractivity contribution in [3.63, 3.8) is 0 Å². The SMILES string of the molecule is c1ccc(COCC2OC[C@H](OCc3ccccc3)C(OCc3ccccc3)[C@H]2OCc2ccccc2)cc1. The van der Waals surface area contributed by atoms with Gasteiger partial charge in [-0.2, -0.15) is 0 Å². The summed E-state index contributed by atoms with van der Waals surface area (Å²) in [6.45, 7) is 2.68. The summed E-state index contributed by atoms with van der Waals surface area (Å²) in [6, 6.07) is 40.7. The molecule has 5 heteroatoms. The van der Waals surface area contributed by atoms with Gasteiger partial charge < -0.3 is 23.7 Å². The zero-order valence-corrected chi connectivity index (χ0v) is 22.1. The average Bonchev–Trinajstić information content (AvgIpc) is 3.00. The molecule has 202 valence electrons. The predicted octanol–water partition coefficient (Wildman–Crippen LogP) is 6.36. The second kappa shape index (κ2) is 14.7. The molecule has 0 aromatic heterocycles. The van der Waals surface area contributed by atoms with Gasteiger partial charge in [-0.25, -0.2) is 0 Å². The third-order valence-electron chi connectivity index (χ3n) is 6.80. The Labute approximate surface area is 231 Å². The van der Waals surface area contributed by atoms with Crippen LogP contribution in [0, 0.1) is 0 Å². The lowest BCUT2D eigenvalue weighted by molar-refractivity contribution is -0.246. The van der Waals surface area contributed by atoms with Crippen molar-refractivity contribution in [2.45, 2.75) is 50.8 Å². The zero-order chi connectivity index (χ0) is 26.5. The maximum Gasteiger partial charge on any atom is 0.115 e. The predicted molar refractivity (Wildman–Crippen MR) is 151 cm³/mol. The van der Waals surface area contributed by atoms with Crippen LogP contribution >= 0.6 is 0 Å². The number of hydrogen-bond donors (Lipinski definition) is 0. The summed E-state index contributed by atoms with van der Waals surface area (Å²) in [4.78, 5) is 0. The average molecular weight is 525 g/mol. The molecule has 4 aromatic rings. The van der Waals surface area contributed by atoms with Gasteiger partial charge in [-0.05, 0) is 22.3 Å². The molecule has 0 aliphatic carbocycles. The summed E-state index contributed by atoms with van der Waals surface area (Å²) in [5, 5.41) is 0. The molecule has 4 aromatic carbocycles. The molecular formula is C34H36O5. The van der Waals surface area contributed by atoms with Crippen LogP contribution in [0.2, 0.25) is 0 Å². The highest BCUT2D eigenvalue weighted by molar-refractivity contribution is 5.16. The van der Waals surface area contributed by atoms with Crippen LogP contribution in [0.15, 0.2) is 121 Å². The first-order valence-electron chi connectivity index (χ1n) is 13.5. The van der Waals surface area contributed by atoms with E-state index >= 15 is 0 Å². The van der Waals surface area contributed by atoms with Crippen molar-refractivity contribution in [3.8, 4) is 0 Å². The van der Waals surface area contributed by atoms with Gasteiger partial charge in [0.15, 0.2) is 0 Å². The molecule has 0 spiro atoms. The standard InChI is InChI=1S/C34H36O5/c1-5-13-27(14-6-1)21-35-25-31-33(38-23-29-17-9-3-10-18-29)34(39-24-30-19-11-4-12-20-30)32(26-37-31)36-22-28-15-7-2-8-16-28/h1-20,31-34H,21-26H2/t31?,32-,33-,34?/m0/s1. The molecule has 1 saturated heterocycles. The summed E-state index contributed by atoms with van der Waals surface area (Å²) in [6.07, 6.45) is -1.30. The monoisotopic (exact) mass is 524 g/mol. The van der Waals surface area contributed by atoms with Crippen LogP contribution < -0.4 is 0 Å². The van der Waals surface area contributed by atoms with E-state index in [2.05, 4.69) is 48.5 Å². The van der Waals surface area contributed by atoms with Crippen molar-refractivity contribution >= 4 is 0 Å². The van der Waals surface area contributed by atoms with E-state index in [4.69, 9.17) is 23.7 Å².